The first-order chi connectivity index (χ1) is 8.19. The van der Waals surface area contributed by atoms with E-state index in [0.29, 0.717) is 0 Å². The normalized spacial score (nSPS) is 19.9. The zero-order valence-corrected chi connectivity index (χ0v) is 11.4. The number of hydrogen-bond acceptors (Lipinski definition) is 3. The van der Waals surface area contributed by atoms with Gasteiger partial charge in [-0.05, 0) is 31.2 Å². The molecule has 2 rings (SSSR count). The van der Waals surface area contributed by atoms with Gasteiger partial charge in [-0.2, -0.15) is 0 Å². The molecular weight excluding hydrogens is 232 g/mol. The molecule has 94 valence electrons. The molecule has 17 heavy (non-hydrogen) atoms. The summed E-state index contributed by atoms with van der Waals surface area (Å²) in [6, 6.07) is 1.94. The smallest absolute Gasteiger partial charge is 0.195 e. The van der Waals surface area contributed by atoms with Gasteiger partial charge >= 0.3 is 0 Å². The average molecular weight is 252 g/mol. The van der Waals surface area contributed by atoms with Crippen molar-refractivity contribution < 1.29 is 9.53 Å². The fraction of sp³-hybridized carbons (Fsp3) is 0.643. The Morgan fingerprint density at radius 2 is 1.94 bits per heavy atom. The van der Waals surface area contributed by atoms with Gasteiger partial charge in [-0.25, -0.2) is 0 Å². The van der Waals surface area contributed by atoms with Crippen molar-refractivity contribution in [2.24, 2.45) is 0 Å². The fourth-order valence-corrected chi connectivity index (χ4v) is 3.39. The van der Waals surface area contributed by atoms with Gasteiger partial charge in [-0.3, -0.25) is 4.79 Å². The summed E-state index contributed by atoms with van der Waals surface area (Å²) in [4.78, 5) is 13.8. The third-order valence-electron chi connectivity index (χ3n) is 3.82. The van der Waals surface area contributed by atoms with Crippen LogP contribution < -0.4 is 0 Å². The molecule has 0 amide bonds. The van der Waals surface area contributed by atoms with Crippen molar-refractivity contribution in [2.75, 3.05) is 7.11 Å². The number of hydrogen-bond donors (Lipinski definition) is 0. The number of carbonyl (C=O) groups excluding carboxylic acids is 1. The van der Waals surface area contributed by atoms with E-state index in [0.717, 1.165) is 36.1 Å². The highest BCUT2D eigenvalue weighted by Crippen LogP contribution is 2.34. The minimum atomic E-state index is -0.553. The summed E-state index contributed by atoms with van der Waals surface area (Å²) in [5.74, 6) is 0.195. The van der Waals surface area contributed by atoms with Crippen LogP contribution in [0.15, 0.2) is 11.4 Å². The van der Waals surface area contributed by atoms with E-state index in [2.05, 4.69) is 0 Å². The van der Waals surface area contributed by atoms with Crippen molar-refractivity contribution in [3.05, 3.63) is 21.9 Å². The van der Waals surface area contributed by atoms with Gasteiger partial charge in [0.05, 0.1) is 0 Å². The number of ketones is 1. The summed E-state index contributed by atoms with van der Waals surface area (Å²) in [7, 11) is 1.69. The predicted molar refractivity (Wildman–Crippen MR) is 70.8 cm³/mol. The molecule has 1 fully saturated rings. The Kier molecular flexibility index (Phi) is 4.00. The summed E-state index contributed by atoms with van der Waals surface area (Å²) < 4.78 is 5.65. The molecule has 0 spiro atoms. The molecular formula is C14H20O2S. The molecule has 0 aliphatic heterocycles. The average Bonchev–Trinajstić information content (AvgIpc) is 2.64. The van der Waals surface area contributed by atoms with Crippen molar-refractivity contribution in [1.29, 1.82) is 0 Å². The van der Waals surface area contributed by atoms with Crippen LogP contribution in [-0.2, 0) is 4.74 Å². The SMILES string of the molecule is COC1(C(=O)c2ccsc2C)CCCCCC1. The summed E-state index contributed by atoms with van der Waals surface area (Å²) in [6.07, 6.45) is 6.39. The fourth-order valence-electron chi connectivity index (χ4n) is 2.69. The maximum Gasteiger partial charge on any atom is 0.195 e. The monoisotopic (exact) mass is 252 g/mol. The summed E-state index contributed by atoms with van der Waals surface area (Å²) in [5.41, 5.74) is 0.307. The molecule has 1 aliphatic rings. The minimum Gasteiger partial charge on any atom is -0.370 e. The molecule has 1 saturated carbocycles. The van der Waals surface area contributed by atoms with Crippen LogP contribution in [0.5, 0.6) is 0 Å². The van der Waals surface area contributed by atoms with Gasteiger partial charge in [0.15, 0.2) is 5.78 Å². The van der Waals surface area contributed by atoms with Crippen molar-refractivity contribution in [3.63, 3.8) is 0 Å². The van der Waals surface area contributed by atoms with E-state index in [9.17, 15) is 4.79 Å². The van der Waals surface area contributed by atoms with Crippen LogP contribution in [0.2, 0.25) is 0 Å². The molecule has 0 N–H and O–H groups in total. The third kappa shape index (κ3) is 2.45. The maximum absolute atomic E-state index is 12.7. The zero-order valence-electron chi connectivity index (χ0n) is 10.6. The van der Waals surface area contributed by atoms with Crippen molar-refractivity contribution >= 4 is 17.1 Å². The van der Waals surface area contributed by atoms with Gasteiger partial charge < -0.3 is 4.74 Å². The van der Waals surface area contributed by atoms with Gasteiger partial charge in [0.2, 0.25) is 0 Å². The molecule has 2 nitrogen and oxygen atoms in total. The number of methoxy groups -OCH3 is 1. The second-order valence-electron chi connectivity index (χ2n) is 4.83. The standard InChI is InChI=1S/C14H20O2S/c1-11-12(7-10-17-11)13(15)14(16-2)8-5-3-4-6-9-14/h7,10H,3-6,8-9H2,1-2H3. The first-order valence-electron chi connectivity index (χ1n) is 6.34. The number of carbonyl (C=O) groups is 1. The summed E-state index contributed by atoms with van der Waals surface area (Å²) >= 11 is 1.63. The van der Waals surface area contributed by atoms with Gasteiger partial charge in [-0.1, -0.05) is 25.7 Å². The molecule has 3 heteroatoms. The van der Waals surface area contributed by atoms with Crippen molar-refractivity contribution in [3.8, 4) is 0 Å². The Hall–Kier alpha value is -0.670. The molecule has 0 saturated heterocycles. The van der Waals surface area contributed by atoms with E-state index >= 15 is 0 Å². The highest BCUT2D eigenvalue weighted by Gasteiger charge is 2.39. The molecule has 1 heterocycles. The van der Waals surface area contributed by atoms with E-state index in [4.69, 9.17) is 4.74 Å². The largest absolute Gasteiger partial charge is 0.370 e. The van der Waals surface area contributed by atoms with Crippen LogP contribution in [0.25, 0.3) is 0 Å². The predicted octanol–water partition coefficient (Wildman–Crippen LogP) is 3.98. The lowest BCUT2D eigenvalue weighted by Gasteiger charge is -2.29. The molecule has 0 aromatic carbocycles. The Morgan fingerprint density at radius 1 is 1.29 bits per heavy atom. The summed E-state index contributed by atoms with van der Waals surface area (Å²) in [5, 5.41) is 1.99. The lowest BCUT2D eigenvalue weighted by molar-refractivity contribution is -0.00693. The van der Waals surface area contributed by atoms with E-state index in [1.165, 1.54) is 12.8 Å². The van der Waals surface area contributed by atoms with E-state index in [-0.39, 0.29) is 5.78 Å². The van der Waals surface area contributed by atoms with Crippen LogP contribution in [-0.4, -0.2) is 18.5 Å². The summed E-state index contributed by atoms with van der Waals surface area (Å²) in [6.45, 7) is 2.01. The number of ether oxygens (including phenoxy) is 1. The first-order valence-corrected chi connectivity index (χ1v) is 7.22. The number of aryl methyl sites for hydroxylation is 1. The molecule has 1 aliphatic carbocycles. The van der Waals surface area contributed by atoms with Gasteiger partial charge in [0.1, 0.15) is 5.60 Å². The molecule has 0 atom stereocenters. The van der Waals surface area contributed by atoms with Gasteiger partial charge in [0.25, 0.3) is 0 Å². The molecule has 1 aromatic rings. The number of Topliss-reactive ketones (excluding diaryl/α,β-unsaturated/α-hetero) is 1. The van der Waals surface area contributed by atoms with Crippen LogP contribution in [0, 0.1) is 6.92 Å². The van der Waals surface area contributed by atoms with Crippen LogP contribution >= 0.6 is 11.3 Å². The van der Waals surface area contributed by atoms with E-state index < -0.39 is 5.60 Å². The molecule has 0 bridgehead atoms. The van der Waals surface area contributed by atoms with E-state index in [1.807, 2.05) is 18.4 Å². The maximum atomic E-state index is 12.7. The number of thiophene rings is 1. The highest BCUT2D eigenvalue weighted by atomic mass is 32.1. The highest BCUT2D eigenvalue weighted by molar-refractivity contribution is 7.10. The number of rotatable bonds is 3. The Balaban J connectivity index is 2.28. The lowest BCUT2D eigenvalue weighted by atomic mass is 9.86. The van der Waals surface area contributed by atoms with Crippen LogP contribution in [0.3, 0.4) is 0 Å². The molecule has 1 aromatic heterocycles. The topological polar surface area (TPSA) is 26.3 Å². The zero-order chi connectivity index (χ0) is 12.3. The second-order valence-corrected chi connectivity index (χ2v) is 5.95. The van der Waals surface area contributed by atoms with Crippen LogP contribution in [0.4, 0.5) is 0 Å². The first kappa shape index (κ1) is 12.8. The third-order valence-corrected chi connectivity index (χ3v) is 4.66. The van der Waals surface area contributed by atoms with Crippen molar-refractivity contribution in [2.45, 2.75) is 51.0 Å². The van der Waals surface area contributed by atoms with Crippen molar-refractivity contribution in [1.82, 2.24) is 0 Å². The Labute approximate surface area is 107 Å². The molecule has 0 radical (unpaired) electrons. The minimum absolute atomic E-state index is 0.195. The van der Waals surface area contributed by atoms with Gasteiger partial charge in [-0.15, -0.1) is 11.3 Å². The van der Waals surface area contributed by atoms with E-state index in [1.54, 1.807) is 18.4 Å². The van der Waals surface area contributed by atoms with Gasteiger partial charge in [0, 0.05) is 17.6 Å². The molecule has 0 unspecified atom stereocenters. The lowest BCUT2D eigenvalue weighted by Crippen LogP contribution is -2.40. The van der Waals surface area contributed by atoms with Crippen LogP contribution in [0.1, 0.15) is 53.8 Å². The Bertz CT molecular complexity index is 387. The second kappa shape index (κ2) is 5.32. The quantitative estimate of drug-likeness (QED) is 0.601. The Morgan fingerprint density at radius 3 is 2.41 bits per heavy atom.